The van der Waals surface area contributed by atoms with Gasteiger partial charge in [-0.3, -0.25) is 0 Å². The second-order valence-electron chi connectivity index (χ2n) is 6.94. The third-order valence-electron chi connectivity index (χ3n) is 3.92. The molecule has 0 unspecified atom stereocenters. The Kier molecular flexibility index (Phi) is 5.17. The molecule has 2 aromatic carbocycles. The van der Waals surface area contributed by atoms with Crippen LogP contribution in [0.15, 0.2) is 66.9 Å². The molecule has 0 fully saturated rings. The first-order valence-corrected chi connectivity index (χ1v) is 10.0. The first-order chi connectivity index (χ1) is 11.5. The van der Waals surface area contributed by atoms with Crippen molar-refractivity contribution in [3.8, 4) is 11.3 Å². The van der Waals surface area contributed by atoms with Gasteiger partial charge in [0.1, 0.15) is 0 Å². The minimum atomic E-state index is 0.219. The SMILES string of the molecule is CC(C)(C)[C@H](Cn1ncc(-c2ccccc2)n1)[Se]c1ccccc1. The van der Waals surface area contributed by atoms with Crippen molar-refractivity contribution < 1.29 is 0 Å². The molecule has 0 aliphatic carbocycles. The molecule has 1 atom stereocenters. The van der Waals surface area contributed by atoms with Gasteiger partial charge in [0.15, 0.2) is 0 Å². The molecule has 3 nitrogen and oxygen atoms in total. The zero-order chi connectivity index (χ0) is 17.0. The molecule has 0 saturated carbocycles. The quantitative estimate of drug-likeness (QED) is 0.627. The van der Waals surface area contributed by atoms with Crippen molar-refractivity contribution in [1.29, 1.82) is 0 Å². The predicted octanol–water partition coefficient (Wildman–Crippen LogP) is 3.81. The number of rotatable bonds is 5. The molecule has 0 spiro atoms. The zero-order valence-corrected chi connectivity index (χ0v) is 16.1. The van der Waals surface area contributed by atoms with Crippen LogP contribution in [0.4, 0.5) is 0 Å². The van der Waals surface area contributed by atoms with E-state index >= 15 is 0 Å². The summed E-state index contributed by atoms with van der Waals surface area (Å²) in [5.74, 6) is 0. The minimum absolute atomic E-state index is 0.219. The molecule has 3 rings (SSSR count). The summed E-state index contributed by atoms with van der Waals surface area (Å²) in [7, 11) is 0. The third-order valence-corrected chi connectivity index (χ3v) is 7.46. The van der Waals surface area contributed by atoms with Crippen molar-refractivity contribution in [2.24, 2.45) is 5.41 Å². The summed E-state index contributed by atoms with van der Waals surface area (Å²) in [6, 6.07) is 21.0. The van der Waals surface area contributed by atoms with E-state index in [4.69, 9.17) is 5.10 Å². The van der Waals surface area contributed by atoms with Gasteiger partial charge in [0.05, 0.1) is 0 Å². The van der Waals surface area contributed by atoms with E-state index in [0.717, 1.165) is 17.8 Å². The van der Waals surface area contributed by atoms with Crippen molar-refractivity contribution in [3.63, 3.8) is 0 Å². The van der Waals surface area contributed by atoms with Gasteiger partial charge in [0.25, 0.3) is 0 Å². The van der Waals surface area contributed by atoms with Gasteiger partial charge < -0.3 is 0 Å². The topological polar surface area (TPSA) is 30.7 Å². The molecule has 0 aliphatic rings. The normalized spacial score (nSPS) is 13.0. The second-order valence-corrected chi connectivity index (χ2v) is 9.61. The van der Waals surface area contributed by atoms with Gasteiger partial charge >= 0.3 is 150 Å². The fourth-order valence-corrected chi connectivity index (χ4v) is 4.95. The average Bonchev–Trinajstić information content (AvgIpc) is 3.04. The van der Waals surface area contributed by atoms with Gasteiger partial charge in [0, 0.05) is 0 Å². The van der Waals surface area contributed by atoms with Crippen LogP contribution in [0, 0.1) is 5.41 Å². The first-order valence-electron chi connectivity index (χ1n) is 8.19. The Hall–Kier alpha value is -1.90. The van der Waals surface area contributed by atoms with E-state index in [1.807, 2.05) is 29.2 Å². The van der Waals surface area contributed by atoms with Crippen molar-refractivity contribution in [2.75, 3.05) is 0 Å². The van der Waals surface area contributed by atoms with E-state index in [-0.39, 0.29) is 5.41 Å². The molecule has 0 bridgehead atoms. The van der Waals surface area contributed by atoms with E-state index in [0.29, 0.717) is 19.8 Å². The van der Waals surface area contributed by atoms with E-state index in [1.165, 1.54) is 4.46 Å². The van der Waals surface area contributed by atoms with Crippen molar-refractivity contribution >= 4 is 19.4 Å². The number of hydrogen-bond donors (Lipinski definition) is 0. The molecule has 0 amide bonds. The van der Waals surface area contributed by atoms with E-state index in [2.05, 4.69) is 68.3 Å². The molecule has 0 N–H and O–H groups in total. The average molecular weight is 384 g/mol. The summed E-state index contributed by atoms with van der Waals surface area (Å²) in [6.07, 6.45) is 1.87. The fraction of sp³-hybridized carbons (Fsp3) is 0.300. The Morgan fingerprint density at radius 1 is 0.958 bits per heavy atom. The van der Waals surface area contributed by atoms with Gasteiger partial charge in [-0.25, -0.2) is 0 Å². The third kappa shape index (κ3) is 4.34. The predicted molar refractivity (Wildman–Crippen MR) is 100 cm³/mol. The van der Waals surface area contributed by atoms with Crippen LogP contribution in [-0.4, -0.2) is 30.0 Å². The maximum absolute atomic E-state index is 4.69. The van der Waals surface area contributed by atoms with Crippen molar-refractivity contribution in [2.45, 2.75) is 32.1 Å². The van der Waals surface area contributed by atoms with Crippen molar-refractivity contribution in [1.82, 2.24) is 15.0 Å². The molecule has 24 heavy (non-hydrogen) atoms. The summed E-state index contributed by atoms with van der Waals surface area (Å²) in [6.45, 7) is 7.78. The van der Waals surface area contributed by atoms with Crippen LogP contribution in [0.1, 0.15) is 20.8 Å². The molecule has 4 heteroatoms. The number of hydrogen-bond acceptors (Lipinski definition) is 2. The molecular formula is C20H23N3Se. The Morgan fingerprint density at radius 2 is 1.58 bits per heavy atom. The van der Waals surface area contributed by atoms with Gasteiger partial charge in [-0.15, -0.1) is 0 Å². The molecule has 1 heterocycles. The Labute approximate surface area is 150 Å². The molecule has 124 valence electrons. The number of benzene rings is 2. The van der Waals surface area contributed by atoms with E-state index < -0.39 is 0 Å². The monoisotopic (exact) mass is 385 g/mol. The Balaban J connectivity index is 1.77. The van der Waals surface area contributed by atoms with Crippen LogP contribution in [-0.2, 0) is 6.54 Å². The summed E-state index contributed by atoms with van der Waals surface area (Å²) in [5, 5.41) is 9.19. The summed E-state index contributed by atoms with van der Waals surface area (Å²) < 4.78 is 1.43. The number of nitrogens with zero attached hydrogens (tertiary/aromatic N) is 3. The Bertz CT molecular complexity index is 760. The molecular weight excluding hydrogens is 361 g/mol. The fourth-order valence-electron chi connectivity index (χ4n) is 2.43. The van der Waals surface area contributed by atoms with Crippen LogP contribution in [0.25, 0.3) is 11.3 Å². The maximum atomic E-state index is 4.69. The molecule has 1 aromatic heterocycles. The van der Waals surface area contributed by atoms with Gasteiger partial charge in [0.2, 0.25) is 0 Å². The van der Waals surface area contributed by atoms with Gasteiger partial charge in [-0.1, -0.05) is 0 Å². The summed E-state index contributed by atoms with van der Waals surface area (Å²) in [4.78, 5) is 2.39. The van der Waals surface area contributed by atoms with Crippen molar-refractivity contribution in [3.05, 3.63) is 66.9 Å². The molecule has 0 radical (unpaired) electrons. The van der Waals surface area contributed by atoms with Crippen LogP contribution in [0.5, 0.6) is 0 Å². The zero-order valence-electron chi connectivity index (χ0n) is 14.4. The molecule has 0 saturated heterocycles. The first kappa shape index (κ1) is 16.9. The summed E-state index contributed by atoms with van der Waals surface area (Å²) in [5.41, 5.74) is 2.27. The Morgan fingerprint density at radius 3 is 2.21 bits per heavy atom. The van der Waals surface area contributed by atoms with Crippen LogP contribution in [0.3, 0.4) is 0 Å². The van der Waals surface area contributed by atoms with Gasteiger partial charge in [-0.05, 0) is 0 Å². The number of aromatic nitrogens is 3. The summed E-state index contributed by atoms with van der Waals surface area (Å²) >= 11 is 0.389. The van der Waals surface area contributed by atoms with E-state index in [1.54, 1.807) is 0 Å². The molecule has 0 aliphatic heterocycles. The van der Waals surface area contributed by atoms with Crippen LogP contribution < -0.4 is 4.46 Å². The molecule has 3 aromatic rings. The van der Waals surface area contributed by atoms with Gasteiger partial charge in [-0.2, -0.15) is 0 Å². The standard InChI is InChI=1S/C20H23N3Se/c1-20(2,3)19(24-17-12-8-5-9-13-17)15-23-21-14-18(22-23)16-10-6-4-7-11-16/h4-14,19H,15H2,1-3H3/t19-/m0/s1. The second kappa shape index (κ2) is 7.33. The van der Waals surface area contributed by atoms with Crippen LogP contribution in [0.2, 0.25) is 4.82 Å². The van der Waals surface area contributed by atoms with Crippen LogP contribution >= 0.6 is 0 Å². The van der Waals surface area contributed by atoms with E-state index in [9.17, 15) is 0 Å².